The van der Waals surface area contributed by atoms with Gasteiger partial charge in [0.1, 0.15) is 0 Å². The summed E-state index contributed by atoms with van der Waals surface area (Å²) in [6, 6.07) is 0. The van der Waals surface area contributed by atoms with Gasteiger partial charge in [-0.1, -0.05) is 12.2 Å². The molecular weight excluding hydrogens is 138 g/mol. The SMILES string of the molecule is C=CCCC/C=C\C(=N)OC. The molecule has 1 N–H and O–H groups in total. The lowest BCUT2D eigenvalue weighted by Gasteiger charge is -1.92. The zero-order valence-electron chi connectivity index (χ0n) is 6.97. The lowest BCUT2D eigenvalue weighted by atomic mass is 10.2. The molecule has 2 nitrogen and oxygen atoms in total. The second kappa shape index (κ2) is 7.06. The van der Waals surface area contributed by atoms with Crippen LogP contribution in [0.25, 0.3) is 0 Å². The molecule has 0 aliphatic carbocycles. The van der Waals surface area contributed by atoms with Gasteiger partial charge >= 0.3 is 0 Å². The molecule has 0 rings (SSSR count). The zero-order valence-corrected chi connectivity index (χ0v) is 6.97. The first-order valence-electron chi connectivity index (χ1n) is 3.71. The fourth-order valence-electron chi connectivity index (χ4n) is 0.638. The number of nitrogens with one attached hydrogen (secondary N) is 1. The summed E-state index contributed by atoms with van der Waals surface area (Å²) in [6.45, 7) is 3.62. The number of methoxy groups -OCH3 is 1. The van der Waals surface area contributed by atoms with Crippen LogP contribution in [-0.2, 0) is 4.74 Å². The van der Waals surface area contributed by atoms with Gasteiger partial charge in [0.05, 0.1) is 7.11 Å². The van der Waals surface area contributed by atoms with E-state index in [1.54, 1.807) is 6.08 Å². The predicted molar refractivity (Wildman–Crippen MR) is 47.9 cm³/mol. The minimum atomic E-state index is 0.212. The number of ether oxygens (including phenoxy) is 1. The van der Waals surface area contributed by atoms with Crippen LogP contribution in [0.1, 0.15) is 19.3 Å². The number of allylic oxidation sites excluding steroid dienone is 2. The molecule has 0 aromatic heterocycles. The second-order valence-corrected chi connectivity index (χ2v) is 2.19. The summed E-state index contributed by atoms with van der Waals surface area (Å²) in [5.41, 5.74) is 0. The summed E-state index contributed by atoms with van der Waals surface area (Å²) in [5, 5.41) is 7.09. The molecule has 0 unspecified atom stereocenters. The van der Waals surface area contributed by atoms with Crippen LogP contribution in [0.3, 0.4) is 0 Å². The highest BCUT2D eigenvalue weighted by atomic mass is 16.5. The maximum absolute atomic E-state index is 7.09. The summed E-state index contributed by atoms with van der Waals surface area (Å²) in [4.78, 5) is 0. The van der Waals surface area contributed by atoms with Crippen LogP contribution < -0.4 is 0 Å². The average molecular weight is 153 g/mol. The summed E-state index contributed by atoms with van der Waals surface area (Å²) >= 11 is 0. The molecule has 0 fully saturated rings. The van der Waals surface area contributed by atoms with Gasteiger partial charge in [0.2, 0.25) is 5.90 Å². The third kappa shape index (κ3) is 6.84. The van der Waals surface area contributed by atoms with Crippen molar-refractivity contribution in [1.29, 1.82) is 5.41 Å². The molecule has 0 spiro atoms. The van der Waals surface area contributed by atoms with E-state index < -0.39 is 0 Å². The van der Waals surface area contributed by atoms with Crippen LogP contribution >= 0.6 is 0 Å². The first-order chi connectivity index (χ1) is 5.31. The van der Waals surface area contributed by atoms with Crippen LogP contribution in [0.2, 0.25) is 0 Å². The highest BCUT2D eigenvalue weighted by molar-refractivity contribution is 5.84. The minimum absolute atomic E-state index is 0.212. The third-order valence-electron chi connectivity index (χ3n) is 1.27. The first kappa shape index (κ1) is 9.95. The largest absolute Gasteiger partial charge is 0.481 e. The van der Waals surface area contributed by atoms with Crippen molar-refractivity contribution in [1.82, 2.24) is 0 Å². The van der Waals surface area contributed by atoms with Crippen LogP contribution in [0, 0.1) is 5.41 Å². The number of hydrogen-bond donors (Lipinski definition) is 1. The van der Waals surface area contributed by atoms with E-state index in [0.717, 1.165) is 19.3 Å². The van der Waals surface area contributed by atoms with Gasteiger partial charge < -0.3 is 4.74 Å². The average Bonchev–Trinajstić information content (AvgIpc) is 2.04. The molecule has 0 aliphatic rings. The van der Waals surface area contributed by atoms with Gasteiger partial charge in [-0.05, 0) is 25.3 Å². The topological polar surface area (TPSA) is 33.1 Å². The minimum Gasteiger partial charge on any atom is -0.481 e. The van der Waals surface area contributed by atoms with Gasteiger partial charge in [-0.3, -0.25) is 5.41 Å². The van der Waals surface area contributed by atoms with Crippen molar-refractivity contribution >= 4 is 5.90 Å². The molecule has 62 valence electrons. The Morgan fingerprint density at radius 1 is 1.55 bits per heavy atom. The Morgan fingerprint density at radius 2 is 2.27 bits per heavy atom. The van der Waals surface area contributed by atoms with E-state index >= 15 is 0 Å². The number of rotatable bonds is 5. The van der Waals surface area contributed by atoms with E-state index in [-0.39, 0.29) is 5.90 Å². The summed E-state index contributed by atoms with van der Waals surface area (Å²) in [5.74, 6) is 0.212. The molecule has 0 aromatic rings. The molecule has 0 bridgehead atoms. The highest BCUT2D eigenvalue weighted by Crippen LogP contribution is 1.96. The summed E-state index contributed by atoms with van der Waals surface area (Å²) < 4.78 is 4.63. The molecule has 0 saturated heterocycles. The predicted octanol–water partition coefficient (Wildman–Crippen LogP) is 2.52. The highest BCUT2D eigenvalue weighted by Gasteiger charge is 1.83. The molecule has 0 aliphatic heterocycles. The smallest absolute Gasteiger partial charge is 0.205 e. The molecule has 11 heavy (non-hydrogen) atoms. The molecule has 0 aromatic carbocycles. The fraction of sp³-hybridized carbons (Fsp3) is 0.444. The summed E-state index contributed by atoms with van der Waals surface area (Å²) in [6.07, 6.45) is 8.62. The van der Waals surface area contributed by atoms with Gasteiger partial charge in [0.15, 0.2) is 0 Å². The lowest BCUT2D eigenvalue weighted by Crippen LogP contribution is -1.91. The van der Waals surface area contributed by atoms with Crippen molar-refractivity contribution in [3.8, 4) is 0 Å². The van der Waals surface area contributed by atoms with E-state index in [4.69, 9.17) is 5.41 Å². The zero-order chi connectivity index (χ0) is 8.53. The Bertz CT molecular complexity index is 150. The molecule has 0 amide bonds. The van der Waals surface area contributed by atoms with E-state index in [9.17, 15) is 0 Å². The normalized spacial score (nSPS) is 9.91. The molecule has 2 heteroatoms. The van der Waals surface area contributed by atoms with Crippen LogP contribution in [0.4, 0.5) is 0 Å². The lowest BCUT2D eigenvalue weighted by molar-refractivity contribution is 0.403. The van der Waals surface area contributed by atoms with Crippen LogP contribution in [0.15, 0.2) is 24.8 Å². The van der Waals surface area contributed by atoms with E-state index in [0.29, 0.717) is 0 Å². The van der Waals surface area contributed by atoms with Gasteiger partial charge in [-0.25, -0.2) is 0 Å². The maximum atomic E-state index is 7.09. The molecule has 0 radical (unpaired) electrons. The first-order valence-corrected chi connectivity index (χ1v) is 3.71. The Hall–Kier alpha value is -1.05. The quantitative estimate of drug-likeness (QED) is 0.280. The Balaban J connectivity index is 3.29. The van der Waals surface area contributed by atoms with Crippen molar-refractivity contribution in [3.63, 3.8) is 0 Å². The van der Waals surface area contributed by atoms with Gasteiger partial charge in [0.25, 0.3) is 0 Å². The molecule has 0 saturated carbocycles. The standard InChI is InChI=1S/C9H15NO/c1-3-4-5-6-7-8-9(10)11-2/h3,7-8,10H,1,4-6H2,2H3/b8-7-,10-9?. The van der Waals surface area contributed by atoms with Gasteiger partial charge in [-0.2, -0.15) is 0 Å². The van der Waals surface area contributed by atoms with Crippen LogP contribution in [-0.4, -0.2) is 13.0 Å². The van der Waals surface area contributed by atoms with Crippen molar-refractivity contribution < 1.29 is 4.74 Å². The fourth-order valence-corrected chi connectivity index (χ4v) is 0.638. The van der Waals surface area contributed by atoms with Gasteiger partial charge in [-0.15, -0.1) is 6.58 Å². The van der Waals surface area contributed by atoms with Crippen molar-refractivity contribution in [3.05, 3.63) is 24.8 Å². The third-order valence-corrected chi connectivity index (χ3v) is 1.27. The van der Waals surface area contributed by atoms with E-state index in [1.165, 1.54) is 7.11 Å². The van der Waals surface area contributed by atoms with Crippen LogP contribution in [0.5, 0.6) is 0 Å². The van der Waals surface area contributed by atoms with Gasteiger partial charge in [0, 0.05) is 0 Å². The molecule has 0 heterocycles. The monoisotopic (exact) mass is 153 g/mol. The Morgan fingerprint density at radius 3 is 2.82 bits per heavy atom. The molecular formula is C9H15NO. The number of hydrogen-bond acceptors (Lipinski definition) is 2. The van der Waals surface area contributed by atoms with E-state index in [2.05, 4.69) is 11.3 Å². The second-order valence-electron chi connectivity index (χ2n) is 2.19. The Labute approximate surface area is 68.1 Å². The van der Waals surface area contributed by atoms with Crippen molar-refractivity contribution in [2.75, 3.05) is 7.11 Å². The maximum Gasteiger partial charge on any atom is 0.205 e. The van der Waals surface area contributed by atoms with E-state index in [1.807, 2.05) is 12.2 Å². The van der Waals surface area contributed by atoms with Crippen molar-refractivity contribution in [2.45, 2.75) is 19.3 Å². The van der Waals surface area contributed by atoms with Crippen molar-refractivity contribution in [2.24, 2.45) is 0 Å². The number of unbranched alkanes of at least 4 members (excludes halogenated alkanes) is 2. The molecule has 0 atom stereocenters. The Kier molecular flexibility index (Phi) is 6.39. The summed E-state index contributed by atoms with van der Waals surface area (Å²) in [7, 11) is 1.50.